The molecule has 0 amide bonds. The van der Waals surface area contributed by atoms with Gasteiger partial charge in [-0.05, 0) is 6.92 Å². The molecule has 1 heterocycles. The molecule has 2 atom stereocenters. The molecule has 0 radical (unpaired) electrons. The second-order valence-electron chi connectivity index (χ2n) is 7.37. The number of thioether (sulfide) groups is 1. The molecule has 0 bridgehead atoms. The number of rotatable bonds is 8. The maximum absolute atomic E-state index is 10.9. The normalized spacial score (nSPS) is 24.5. The van der Waals surface area contributed by atoms with Crippen LogP contribution in [0.4, 0.5) is 0 Å². The second kappa shape index (κ2) is 6.72. The molecule has 0 saturated carbocycles. The van der Waals surface area contributed by atoms with Crippen molar-refractivity contribution < 1.29 is 14.7 Å². The van der Waals surface area contributed by atoms with Gasteiger partial charge in [-0.15, -0.1) is 11.8 Å². The van der Waals surface area contributed by atoms with E-state index in [2.05, 4.69) is 39.1 Å². The van der Waals surface area contributed by atoms with Gasteiger partial charge in [-0.1, -0.05) is 39.8 Å². The number of nitrogens with one attached hydrogen (secondary N) is 1. The van der Waals surface area contributed by atoms with E-state index in [0.29, 0.717) is 18.7 Å². The Labute approximate surface area is 137 Å². The van der Waals surface area contributed by atoms with Gasteiger partial charge in [0.15, 0.2) is 0 Å². The number of aldehydes is 1. The van der Waals surface area contributed by atoms with Gasteiger partial charge in [-0.25, -0.2) is 0 Å². The number of carbonyl (C=O) groups is 2. The lowest BCUT2D eigenvalue weighted by molar-refractivity contribution is -0.138. The monoisotopic (exact) mass is 328 g/mol. The molecule has 0 aromatic rings. The van der Waals surface area contributed by atoms with E-state index in [1.54, 1.807) is 0 Å². The van der Waals surface area contributed by atoms with Crippen LogP contribution in [0.2, 0.25) is 0 Å². The second-order valence-corrected chi connectivity index (χ2v) is 9.68. The first-order valence-electron chi connectivity index (χ1n) is 7.48. The smallest absolute Gasteiger partial charge is 0.305 e. The molecule has 1 saturated heterocycles. The fourth-order valence-electron chi connectivity index (χ4n) is 3.13. The summed E-state index contributed by atoms with van der Waals surface area (Å²) in [5.41, 5.74) is 5.60. The Morgan fingerprint density at radius 3 is 2.36 bits per heavy atom. The van der Waals surface area contributed by atoms with Gasteiger partial charge < -0.3 is 21.0 Å². The SMILES string of the molecule is CC(N)(C=CC1C(C)(C)SC1(C)C)CN[C@H](C=O)CC(=O)O. The molecule has 1 unspecified atom stereocenters. The average Bonchev–Trinajstić information content (AvgIpc) is 2.31. The summed E-state index contributed by atoms with van der Waals surface area (Å²) < 4.78 is 0.385. The van der Waals surface area contributed by atoms with Crippen molar-refractivity contribution in [1.29, 1.82) is 0 Å². The Bertz CT molecular complexity index is 444. The first-order chi connectivity index (χ1) is 9.89. The van der Waals surface area contributed by atoms with Crippen LogP contribution < -0.4 is 11.1 Å². The van der Waals surface area contributed by atoms with Gasteiger partial charge in [0.05, 0.1) is 12.5 Å². The molecule has 0 aromatic heterocycles. The van der Waals surface area contributed by atoms with E-state index in [-0.39, 0.29) is 15.9 Å². The van der Waals surface area contributed by atoms with E-state index in [4.69, 9.17) is 10.8 Å². The summed E-state index contributed by atoms with van der Waals surface area (Å²) in [6.07, 6.45) is 4.51. The predicted molar refractivity (Wildman–Crippen MR) is 91.1 cm³/mol. The third-order valence-corrected chi connectivity index (χ3v) is 5.56. The Morgan fingerprint density at radius 2 is 1.95 bits per heavy atom. The van der Waals surface area contributed by atoms with E-state index in [0.717, 1.165) is 0 Å². The highest BCUT2D eigenvalue weighted by atomic mass is 32.2. The molecular weight excluding hydrogens is 300 g/mol. The molecule has 4 N–H and O–H groups in total. The van der Waals surface area contributed by atoms with Gasteiger partial charge in [0.2, 0.25) is 0 Å². The number of carboxylic acid groups (broad SMARTS) is 1. The molecule has 0 aromatic carbocycles. The first-order valence-corrected chi connectivity index (χ1v) is 8.30. The van der Waals surface area contributed by atoms with Crippen molar-refractivity contribution in [3.63, 3.8) is 0 Å². The number of carboxylic acids is 1. The van der Waals surface area contributed by atoms with Gasteiger partial charge >= 0.3 is 5.97 Å². The van der Waals surface area contributed by atoms with Crippen molar-refractivity contribution in [2.24, 2.45) is 11.7 Å². The summed E-state index contributed by atoms with van der Waals surface area (Å²) >= 11 is 1.96. The molecule has 126 valence electrons. The fourth-order valence-corrected chi connectivity index (χ4v) is 5.30. The number of hydrogen-bond donors (Lipinski definition) is 3. The van der Waals surface area contributed by atoms with E-state index in [1.807, 2.05) is 24.8 Å². The lowest BCUT2D eigenvalue weighted by atomic mass is 9.80. The van der Waals surface area contributed by atoms with Gasteiger partial charge in [0, 0.05) is 27.5 Å². The lowest BCUT2D eigenvalue weighted by Gasteiger charge is -2.56. The highest BCUT2D eigenvalue weighted by Gasteiger charge is 2.52. The van der Waals surface area contributed by atoms with E-state index in [9.17, 15) is 9.59 Å². The van der Waals surface area contributed by atoms with Crippen molar-refractivity contribution in [3.05, 3.63) is 12.2 Å². The quantitative estimate of drug-likeness (QED) is 0.465. The zero-order valence-corrected chi connectivity index (χ0v) is 14.9. The minimum atomic E-state index is -1.01. The summed E-state index contributed by atoms with van der Waals surface area (Å²) in [6.45, 7) is 11.1. The molecule has 1 fully saturated rings. The van der Waals surface area contributed by atoms with Crippen LogP contribution in [0.15, 0.2) is 12.2 Å². The minimum absolute atomic E-state index is 0.193. The Morgan fingerprint density at radius 1 is 1.41 bits per heavy atom. The van der Waals surface area contributed by atoms with Crippen LogP contribution in [0.3, 0.4) is 0 Å². The number of allylic oxidation sites excluding steroid dienone is 1. The molecule has 1 aliphatic rings. The molecule has 0 spiro atoms. The number of carbonyl (C=O) groups excluding carboxylic acids is 1. The van der Waals surface area contributed by atoms with Crippen LogP contribution in [0.5, 0.6) is 0 Å². The van der Waals surface area contributed by atoms with Gasteiger partial charge in [-0.2, -0.15) is 0 Å². The minimum Gasteiger partial charge on any atom is -0.481 e. The third-order valence-electron chi connectivity index (χ3n) is 4.00. The number of nitrogens with two attached hydrogens (primary N) is 1. The first kappa shape index (κ1) is 19.2. The third kappa shape index (κ3) is 5.11. The molecule has 0 aliphatic carbocycles. The van der Waals surface area contributed by atoms with Crippen molar-refractivity contribution in [1.82, 2.24) is 5.32 Å². The van der Waals surface area contributed by atoms with E-state index in [1.165, 1.54) is 0 Å². The standard InChI is InChI=1S/C16H28N2O3S/c1-14(2)12(15(3,4)22-14)6-7-16(5,17)10-18-11(9-19)8-13(20)21/h6-7,9,11-12,18H,8,10,17H2,1-5H3,(H,20,21)/t11-,16?/m0/s1. The molecule has 6 heteroatoms. The van der Waals surface area contributed by atoms with Crippen molar-refractivity contribution >= 4 is 24.0 Å². The van der Waals surface area contributed by atoms with Crippen LogP contribution in [0.1, 0.15) is 41.0 Å². The largest absolute Gasteiger partial charge is 0.481 e. The molecular formula is C16H28N2O3S. The predicted octanol–water partition coefficient (Wildman–Crippen LogP) is 1.81. The Kier molecular flexibility index (Phi) is 5.87. The molecule has 22 heavy (non-hydrogen) atoms. The highest BCUT2D eigenvalue weighted by molar-refractivity contribution is 8.03. The molecule has 1 rings (SSSR count). The lowest BCUT2D eigenvalue weighted by Crippen LogP contribution is -2.54. The summed E-state index contributed by atoms with van der Waals surface area (Å²) in [4.78, 5) is 21.5. The van der Waals surface area contributed by atoms with Crippen molar-refractivity contribution in [2.75, 3.05) is 6.54 Å². The zero-order valence-electron chi connectivity index (χ0n) is 14.1. The summed E-state index contributed by atoms with van der Waals surface area (Å²) in [5.74, 6) is -0.581. The summed E-state index contributed by atoms with van der Waals surface area (Å²) in [5, 5.41) is 11.6. The topological polar surface area (TPSA) is 92.4 Å². The fraction of sp³-hybridized carbons (Fsp3) is 0.750. The maximum Gasteiger partial charge on any atom is 0.305 e. The highest BCUT2D eigenvalue weighted by Crippen LogP contribution is 2.59. The Hall–Kier alpha value is -0.850. The van der Waals surface area contributed by atoms with Gasteiger partial charge in [0.1, 0.15) is 6.29 Å². The number of hydrogen-bond acceptors (Lipinski definition) is 5. The van der Waals surface area contributed by atoms with E-state index < -0.39 is 17.6 Å². The summed E-state index contributed by atoms with van der Waals surface area (Å²) in [7, 11) is 0. The van der Waals surface area contributed by atoms with Crippen LogP contribution >= 0.6 is 11.8 Å². The van der Waals surface area contributed by atoms with Crippen LogP contribution in [0.25, 0.3) is 0 Å². The van der Waals surface area contributed by atoms with E-state index >= 15 is 0 Å². The van der Waals surface area contributed by atoms with Gasteiger partial charge in [0.25, 0.3) is 0 Å². The van der Waals surface area contributed by atoms with Crippen LogP contribution in [0, 0.1) is 5.92 Å². The summed E-state index contributed by atoms with van der Waals surface area (Å²) in [6, 6.07) is -0.707. The van der Waals surface area contributed by atoms with Crippen LogP contribution in [-0.2, 0) is 9.59 Å². The maximum atomic E-state index is 10.9. The van der Waals surface area contributed by atoms with Crippen molar-refractivity contribution in [2.45, 2.75) is 62.1 Å². The van der Waals surface area contributed by atoms with Crippen LogP contribution in [-0.4, -0.2) is 45.0 Å². The number of aliphatic carboxylic acids is 1. The molecule has 1 aliphatic heterocycles. The molecule has 5 nitrogen and oxygen atoms in total. The van der Waals surface area contributed by atoms with Gasteiger partial charge in [-0.3, -0.25) is 4.79 Å². The average molecular weight is 328 g/mol. The van der Waals surface area contributed by atoms with Crippen molar-refractivity contribution in [3.8, 4) is 0 Å². The Balaban J connectivity index is 2.61. The zero-order chi connectivity index (χ0) is 17.2.